The van der Waals surface area contributed by atoms with E-state index >= 15 is 0 Å². The summed E-state index contributed by atoms with van der Waals surface area (Å²) in [4.78, 5) is 12.0. The maximum atomic E-state index is 12.0. The first-order chi connectivity index (χ1) is 9.83. The molecule has 0 saturated carbocycles. The summed E-state index contributed by atoms with van der Waals surface area (Å²) in [5.74, 6) is 0.759. The zero-order valence-electron chi connectivity index (χ0n) is 11.0. The Morgan fingerprint density at radius 3 is 3.15 bits per heavy atom. The maximum absolute atomic E-state index is 12.0. The second kappa shape index (κ2) is 5.73. The molecule has 20 heavy (non-hydrogen) atoms. The number of rotatable bonds is 5. The van der Waals surface area contributed by atoms with Gasteiger partial charge in [-0.3, -0.25) is 9.48 Å². The van der Waals surface area contributed by atoms with E-state index in [0.29, 0.717) is 13.0 Å². The van der Waals surface area contributed by atoms with Crippen LogP contribution < -0.4 is 10.1 Å². The molecular weight excluding hydrogens is 256 g/mol. The number of aryl methyl sites for hydroxylation is 1. The number of aromatic nitrogens is 3. The zero-order valence-corrected chi connectivity index (χ0v) is 11.0. The van der Waals surface area contributed by atoms with Gasteiger partial charge in [0, 0.05) is 25.7 Å². The van der Waals surface area contributed by atoms with Crippen LogP contribution >= 0.6 is 0 Å². The van der Waals surface area contributed by atoms with Crippen molar-refractivity contribution in [2.24, 2.45) is 0 Å². The van der Waals surface area contributed by atoms with Crippen LogP contribution in [0, 0.1) is 0 Å². The van der Waals surface area contributed by atoms with Crippen LogP contribution in [0.1, 0.15) is 12.0 Å². The summed E-state index contributed by atoms with van der Waals surface area (Å²) in [5.41, 5.74) is 1.09. The molecule has 1 amide bonds. The first-order valence-corrected chi connectivity index (χ1v) is 6.69. The molecule has 1 unspecified atom stereocenters. The van der Waals surface area contributed by atoms with E-state index < -0.39 is 6.10 Å². The van der Waals surface area contributed by atoms with Gasteiger partial charge in [-0.25, -0.2) is 0 Å². The molecule has 0 saturated heterocycles. The highest BCUT2D eigenvalue weighted by Crippen LogP contribution is 2.27. The average Bonchev–Trinajstić information content (AvgIpc) is 3.12. The van der Waals surface area contributed by atoms with Crippen LogP contribution in [0.3, 0.4) is 0 Å². The van der Waals surface area contributed by atoms with Crippen molar-refractivity contribution in [3.05, 3.63) is 42.2 Å². The first kappa shape index (κ1) is 12.7. The smallest absolute Gasteiger partial charge is 0.261 e. The molecule has 0 spiro atoms. The van der Waals surface area contributed by atoms with Crippen LogP contribution in [0.2, 0.25) is 0 Å². The largest absolute Gasteiger partial charge is 0.480 e. The quantitative estimate of drug-likeness (QED) is 0.817. The fourth-order valence-corrected chi connectivity index (χ4v) is 2.25. The van der Waals surface area contributed by atoms with Crippen molar-refractivity contribution < 1.29 is 9.53 Å². The summed E-state index contributed by atoms with van der Waals surface area (Å²) in [7, 11) is 0. The molecule has 0 fully saturated rings. The van der Waals surface area contributed by atoms with Crippen molar-refractivity contribution in [2.45, 2.75) is 25.5 Å². The molecule has 0 radical (unpaired) electrons. The number of para-hydroxylation sites is 1. The molecule has 0 bridgehead atoms. The van der Waals surface area contributed by atoms with Gasteiger partial charge in [0.15, 0.2) is 6.10 Å². The summed E-state index contributed by atoms with van der Waals surface area (Å²) < 4.78 is 7.38. The van der Waals surface area contributed by atoms with E-state index in [1.807, 2.05) is 24.3 Å². The second-order valence-electron chi connectivity index (χ2n) is 4.73. The SMILES string of the molecule is O=C(NCCCn1ccnn1)C1Cc2ccccc2O1. The third-order valence-electron chi connectivity index (χ3n) is 3.27. The minimum atomic E-state index is -0.404. The highest BCUT2D eigenvalue weighted by Gasteiger charge is 2.28. The molecule has 6 nitrogen and oxygen atoms in total. The van der Waals surface area contributed by atoms with Gasteiger partial charge in [-0.15, -0.1) is 5.10 Å². The molecule has 1 aliphatic heterocycles. The highest BCUT2D eigenvalue weighted by molar-refractivity contribution is 5.82. The monoisotopic (exact) mass is 272 g/mol. The Bertz CT molecular complexity index is 558. The van der Waals surface area contributed by atoms with Gasteiger partial charge in [0.05, 0.1) is 6.20 Å². The molecular formula is C14H16N4O2. The molecule has 1 atom stereocenters. The van der Waals surface area contributed by atoms with Crippen molar-refractivity contribution in [2.75, 3.05) is 6.54 Å². The average molecular weight is 272 g/mol. The van der Waals surface area contributed by atoms with E-state index in [9.17, 15) is 4.79 Å². The lowest BCUT2D eigenvalue weighted by molar-refractivity contribution is -0.127. The first-order valence-electron chi connectivity index (χ1n) is 6.69. The normalized spacial score (nSPS) is 16.5. The molecule has 2 aromatic rings. The van der Waals surface area contributed by atoms with Crippen LogP contribution in [0.4, 0.5) is 0 Å². The van der Waals surface area contributed by atoms with E-state index in [4.69, 9.17) is 4.74 Å². The van der Waals surface area contributed by atoms with Crippen LogP contribution in [0.15, 0.2) is 36.7 Å². The number of carbonyl (C=O) groups is 1. The molecule has 1 N–H and O–H groups in total. The summed E-state index contributed by atoms with van der Waals surface area (Å²) in [5, 5.41) is 10.5. The van der Waals surface area contributed by atoms with Gasteiger partial charge < -0.3 is 10.1 Å². The van der Waals surface area contributed by atoms with Crippen molar-refractivity contribution in [1.82, 2.24) is 20.3 Å². The van der Waals surface area contributed by atoms with Crippen molar-refractivity contribution in [3.8, 4) is 5.75 Å². The van der Waals surface area contributed by atoms with Crippen LogP contribution in [-0.4, -0.2) is 33.5 Å². The summed E-state index contributed by atoms with van der Waals surface area (Å²) >= 11 is 0. The standard InChI is InChI=1S/C14H16N4O2/c19-14(15-6-3-8-18-9-7-16-17-18)13-10-11-4-1-2-5-12(11)20-13/h1-2,4-5,7,9,13H,3,6,8,10H2,(H,15,19). The number of fused-ring (bicyclic) bond motifs is 1. The predicted octanol–water partition coefficient (Wildman–Crippen LogP) is 0.788. The molecule has 1 aromatic heterocycles. The van der Waals surface area contributed by atoms with Gasteiger partial charge in [0.25, 0.3) is 5.91 Å². The second-order valence-corrected chi connectivity index (χ2v) is 4.73. The molecule has 1 aliphatic rings. The number of ether oxygens (including phenoxy) is 1. The minimum Gasteiger partial charge on any atom is -0.480 e. The van der Waals surface area contributed by atoms with E-state index in [1.54, 1.807) is 17.1 Å². The van der Waals surface area contributed by atoms with Gasteiger partial charge in [-0.2, -0.15) is 0 Å². The summed E-state index contributed by atoms with van der Waals surface area (Å²) in [6, 6.07) is 7.76. The van der Waals surface area contributed by atoms with E-state index in [-0.39, 0.29) is 5.91 Å². The molecule has 3 rings (SSSR count). The van der Waals surface area contributed by atoms with Gasteiger partial charge in [-0.05, 0) is 18.1 Å². The zero-order chi connectivity index (χ0) is 13.8. The van der Waals surface area contributed by atoms with Gasteiger partial charge in [0.2, 0.25) is 0 Å². The topological polar surface area (TPSA) is 69.0 Å². The van der Waals surface area contributed by atoms with E-state index in [1.165, 1.54) is 0 Å². The van der Waals surface area contributed by atoms with E-state index in [0.717, 1.165) is 24.3 Å². The number of amides is 1. The number of nitrogens with one attached hydrogen (secondary N) is 1. The van der Waals surface area contributed by atoms with Crippen LogP contribution in [0.25, 0.3) is 0 Å². The molecule has 0 aliphatic carbocycles. The number of hydrogen-bond acceptors (Lipinski definition) is 4. The Kier molecular flexibility index (Phi) is 3.62. The van der Waals surface area contributed by atoms with Gasteiger partial charge in [0.1, 0.15) is 5.75 Å². The Balaban J connectivity index is 1.42. The number of nitrogens with zero attached hydrogens (tertiary/aromatic N) is 3. The number of benzene rings is 1. The van der Waals surface area contributed by atoms with Crippen molar-refractivity contribution in [1.29, 1.82) is 0 Å². The Labute approximate surface area is 116 Å². The molecule has 1 aromatic carbocycles. The number of carbonyl (C=O) groups excluding carboxylic acids is 1. The molecule has 6 heteroatoms. The maximum Gasteiger partial charge on any atom is 0.261 e. The van der Waals surface area contributed by atoms with Crippen molar-refractivity contribution in [3.63, 3.8) is 0 Å². The van der Waals surface area contributed by atoms with Gasteiger partial charge >= 0.3 is 0 Å². The summed E-state index contributed by atoms with van der Waals surface area (Å²) in [6.45, 7) is 1.35. The number of hydrogen-bond donors (Lipinski definition) is 1. The van der Waals surface area contributed by atoms with Crippen molar-refractivity contribution >= 4 is 5.91 Å². The third kappa shape index (κ3) is 2.79. The van der Waals surface area contributed by atoms with E-state index in [2.05, 4.69) is 15.6 Å². The lowest BCUT2D eigenvalue weighted by atomic mass is 10.1. The highest BCUT2D eigenvalue weighted by atomic mass is 16.5. The van der Waals surface area contributed by atoms with Gasteiger partial charge in [-0.1, -0.05) is 23.4 Å². The fraction of sp³-hybridized carbons (Fsp3) is 0.357. The van der Waals surface area contributed by atoms with Crippen LogP contribution in [-0.2, 0) is 17.8 Å². The minimum absolute atomic E-state index is 0.0557. The van der Waals surface area contributed by atoms with Crippen LogP contribution in [0.5, 0.6) is 5.75 Å². The lowest BCUT2D eigenvalue weighted by Gasteiger charge is -2.11. The Hall–Kier alpha value is -2.37. The lowest BCUT2D eigenvalue weighted by Crippen LogP contribution is -2.38. The Morgan fingerprint density at radius 1 is 1.45 bits per heavy atom. The fourth-order valence-electron chi connectivity index (χ4n) is 2.25. The molecule has 104 valence electrons. The molecule has 2 heterocycles. The third-order valence-corrected chi connectivity index (χ3v) is 3.27. The predicted molar refractivity (Wildman–Crippen MR) is 72.2 cm³/mol. The Morgan fingerprint density at radius 2 is 2.35 bits per heavy atom. The summed E-state index contributed by atoms with van der Waals surface area (Å²) in [6.07, 6.45) is 4.50.